The number of allylic oxidation sites excluding steroid dienone is 2. The van der Waals surface area contributed by atoms with Crippen LogP contribution in [0, 0.1) is 5.92 Å². The molecule has 2 aliphatic rings. The molecule has 164 valence electrons. The molecule has 1 N–H and O–H groups in total. The fourth-order valence-corrected chi connectivity index (χ4v) is 4.27. The molecular formula is C26H28N4O2. The standard InChI is InChI=1S/C26H28N4O2/c1-31-21-10-9-20(17-19-11-15-32-16-12-19)24(18-21)28-25-26(30-13-5-2-6-14-30)29-23-8-4-3-7-22(23)27-25/h2-10,13,18-19H,11-12,14-17H2,1H3,(H,27,28). The van der Waals surface area contributed by atoms with Crippen LogP contribution in [0.25, 0.3) is 11.0 Å². The Hall–Kier alpha value is -3.38. The number of hydrogen-bond acceptors (Lipinski definition) is 6. The van der Waals surface area contributed by atoms with Gasteiger partial charge in [-0.1, -0.05) is 30.4 Å². The third-order valence-electron chi connectivity index (χ3n) is 6.06. The van der Waals surface area contributed by atoms with E-state index in [-0.39, 0.29) is 0 Å². The Morgan fingerprint density at radius 2 is 1.88 bits per heavy atom. The zero-order valence-electron chi connectivity index (χ0n) is 18.3. The Balaban J connectivity index is 1.54. The van der Waals surface area contributed by atoms with Crippen molar-refractivity contribution < 1.29 is 9.47 Å². The summed E-state index contributed by atoms with van der Waals surface area (Å²) in [6.07, 6.45) is 11.4. The highest BCUT2D eigenvalue weighted by atomic mass is 16.5. The van der Waals surface area contributed by atoms with Crippen molar-refractivity contribution in [3.8, 4) is 5.75 Å². The predicted octanol–water partition coefficient (Wildman–Crippen LogP) is 5.24. The van der Waals surface area contributed by atoms with Gasteiger partial charge in [0.25, 0.3) is 0 Å². The van der Waals surface area contributed by atoms with E-state index < -0.39 is 0 Å². The van der Waals surface area contributed by atoms with Crippen molar-refractivity contribution in [2.45, 2.75) is 19.3 Å². The highest BCUT2D eigenvalue weighted by Gasteiger charge is 2.19. The van der Waals surface area contributed by atoms with Crippen molar-refractivity contribution in [1.29, 1.82) is 0 Å². The summed E-state index contributed by atoms with van der Waals surface area (Å²) in [5, 5.41) is 3.61. The molecule has 2 aliphatic heterocycles. The van der Waals surface area contributed by atoms with Crippen molar-refractivity contribution in [2.75, 3.05) is 37.1 Å². The topological polar surface area (TPSA) is 59.5 Å². The van der Waals surface area contributed by atoms with Crippen molar-refractivity contribution in [3.63, 3.8) is 0 Å². The van der Waals surface area contributed by atoms with Gasteiger partial charge in [-0.15, -0.1) is 0 Å². The Labute approximate surface area is 188 Å². The Kier molecular flexibility index (Phi) is 6.03. The number of methoxy groups -OCH3 is 1. The lowest BCUT2D eigenvalue weighted by atomic mass is 9.91. The first-order chi connectivity index (χ1) is 15.8. The van der Waals surface area contributed by atoms with E-state index in [1.165, 1.54) is 5.56 Å². The van der Waals surface area contributed by atoms with E-state index in [9.17, 15) is 0 Å². The summed E-state index contributed by atoms with van der Waals surface area (Å²) in [6.45, 7) is 2.45. The van der Waals surface area contributed by atoms with Crippen LogP contribution in [0.1, 0.15) is 18.4 Å². The molecule has 6 heteroatoms. The fourth-order valence-electron chi connectivity index (χ4n) is 4.27. The minimum absolute atomic E-state index is 0.620. The van der Waals surface area contributed by atoms with E-state index in [0.29, 0.717) is 5.92 Å². The van der Waals surface area contributed by atoms with Crippen LogP contribution in [0.15, 0.2) is 66.9 Å². The lowest BCUT2D eigenvalue weighted by molar-refractivity contribution is 0.0666. The van der Waals surface area contributed by atoms with Gasteiger partial charge in [-0.3, -0.25) is 0 Å². The van der Waals surface area contributed by atoms with Gasteiger partial charge in [-0.25, -0.2) is 9.97 Å². The second-order valence-corrected chi connectivity index (χ2v) is 8.21. The van der Waals surface area contributed by atoms with Crippen LogP contribution in [-0.4, -0.2) is 36.8 Å². The molecule has 2 aromatic carbocycles. The second kappa shape index (κ2) is 9.40. The predicted molar refractivity (Wildman–Crippen MR) is 129 cm³/mol. The van der Waals surface area contributed by atoms with Gasteiger partial charge in [0.15, 0.2) is 11.6 Å². The number of nitrogens with one attached hydrogen (secondary N) is 1. The lowest BCUT2D eigenvalue weighted by Crippen LogP contribution is -2.21. The second-order valence-electron chi connectivity index (χ2n) is 8.21. The third kappa shape index (κ3) is 4.46. The van der Waals surface area contributed by atoms with Crippen LogP contribution in [0.5, 0.6) is 5.75 Å². The van der Waals surface area contributed by atoms with Crippen LogP contribution in [0.2, 0.25) is 0 Å². The van der Waals surface area contributed by atoms with Crippen molar-refractivity contribution in [2.24, 2.45) is 5.92 Å². The normalized spacial score (nSPS) is 16.5. The molecule has 1 aromatic heterocycles. The highest BCUT2D eigenvalue weighted by Crippen LogP contribution is 2.33. The van der Waals surface area contributed by atoms with E-state index in [4.69, 9.17) is 19.4 Å². The van der Waals surface area contributed by atoms with E-state index in [1.54, 1.807) is 7.11 Å². The summed E-state index contributed by atoms with van der Waals surface area (Å²) in [7, 11) is 1.70. The molecule has 5 rings (SSSR count). The smallest absolute Gasteiger partial charge is 0.177 e. The Morgan fingerprint density at radius 1 is 1.06 bits per heavy atom. The van der Waals surface area contributed by atoms with Gasteiger partial charge >= 0.3 is 0 Å². The molecule has 6 nitrogen and oxygen atoms in total. The number of benzene rings is 2. The van der Waals surface area contributed by atoms with E-state index in [1.807, 2.05) is 48.7 Å². The number of nitrogens with zero attached hydrogens (tertiary/aromatic N) is 3. The quantitative estimate of drug-likeness (QED) is 0.579. The molecule has 1 fully saturated rings. The minimum Gasteiger partial charge on any atom is -0.497 e. The van der Waals surface area contributed by atoms with Gasteiger partial charge in [-0.05, 0) is 55.0 Å². The summed E-state index contributed by atoms with van der Waals surface area (Å²) in [5.41, 5.74) is 4.01. The highest BCUT2D eigenvalue weighted by molar-refractivity contribution is 5.83. The molecule has 0 radical (unpaired) electrons. The Morgan fingerprint density at radius 3 is 2.62 bits per heavy atom. The maximum atomic E-state index is 5.55. The molecule has 0 saturated carbocycles. The minimum atomic E-state index is 0.620. The molecule has 3 heterocycles. The largest absolute Gasteiger partial charge is 0.497 e. The van der Waals surface area contributed by atoms with Crippen LogP contribution < -0.4 is 15.0 Å². The molecule has 32 heavy (non-hydrogen) atoms. The lowest BCUT2D eigenvalue weighted by Gasteiger charge is -2.25. The van der Waals surface area contributed by atoms with E-state index in [0.717, 1.165) is 73.1 Å². The zero-order valence-corrected chi connectivity index (χ0v) is 18.3. The molecule has 0 unspecified atom stereocenters. The first-order valence-corrected chi connectivity index (χ1v) is 11.2. The first-order valence-electron chi connectivity index (χ1n) is 11.2. The van der Waals surface area contributed by atoms with Gasteiger partial charge in [0.1, 0.15) is 5.75 Å². The molecule has 3 aromatic rings. The van der Waals surface area contributed by atoms with E-state index >= 15 is 0 Å². The number of anilines is 3. The molecule has 1 saturated heterocycles. The maximum Gasteiger partial charge on any atom is 0.177 e. The van der Waals surface area contributed by atoms with Crippen LogP contribution in [0.3, 0.4) is 0 Å². The number of hydrogen-bond donors (Lipinski definition) is 1. The average Bonchev–Trinajstić information content (AvgIpc) is 2.86. The number of ether oxygens (including phenoxy) is 2. The van der Waals surface area contributed by atoms with Crippen molar-refractivity contribution in [1.82, 2.24) is 9.97 Å². The van der Waals surface area contributed by atoms with Gasteiger partial charge in [0.2, 0.25) is 0 Å². The van der Waals surface area contributed by atoms with Crippen molar-refractivity contribution in [3.05, 3.63) is 72.5 Å². The monoisotopic (exact) mass is 428 g/mol. The van der Waals surface area contributed by atoms with Crippen molar-refractivity contribution >= 4 is 28.4 Å². The molecule has 0 aliphatic carbocycles. The van der Waals surface area contributed by atoms with Crippen LogP contribution in [0.4, 0.5) is 17.3 Å². The first kappa shape index (κ1) is 20.5. The molecule has 0 spiro atoms. The fraction of sp³-hybridized carbons (Fsp3) is 0.308. The Bertz CT molecular complexity index is 1150. The third-order valence-corrected chi connectivity index (χ3v) is 6.06. The summed E-state index contributed by atoms with van der Waals surface area (Å²) in [5.74, 6) is 2.99. The number of aromatic nitrogens is 2. The summed E-state index contributed by atoms with van der Waals surface area (Å²) >= 11 is 0. The van der Waals surface area contributed by atoms with Crippen LogP contribution >= 0.6 is 0 Å². The van der Waals surface area contributed by atoms with E-state index in [2.05, 4.69) is 28.4 Å². The summed E-state index contributed by atoms with van der Waals surface area (Å²) in [4.78, 5) is 12.0. The average molecular weight is 429 g/mol. The zero-order chi connectivity index (χ0) is 21.8. The van der Waals surface area contributed by atoms with Gasteiger partial charge < -0.3 is 19.7 Å². The molecule has 0 amide bonds. The number of fused-ring (bicyclic) bond motifs is 1. The van der Waals surface area contributed by atoms with Gasteiger partial charge in [0, 0.05) is 37.7 Å². The van der Waals surface area contributed by atoms with Crippen LogP contribution in [-0.2, 0) is 11.2 Å². The molecule has 0 bridgehead atoms. The van der Waals surface area contributed by atoms with Gasteiger partial charge in [0.05, 0.1) is 18.1 Å². The number of rotatable bonds is 6. The summed E-state index contributed by atoms with van der Waals surface area (Å²) in [6, 6.07) is 14.2. The number of para-hydroxylation sites is 2. The SMILES string of the molecule is COc1ccc(CC2CCOCC2)c(Nc2nc3ccccc3nc2N2C=CC=CC2)c1. The molecular weight excluding hydrogens is 400 g/mol. The molecule has 0 atom stereocenters. The summed E-state index contributed by atoms with van der Waals surface area (Å²) < 4.78 is 11.1. The van der Waals surface area contributed by atoms with Gasteiger partial charge in [-0.2, -0.15) is 0 Å². The maximum absolute atomic E-state index is 5.55.